The Morgan fingerprint density at radius 3 is 2.57 bits per heavy atom. The number of amides is 1. The number of hydrogen-bond acceptors (Lipinski definition) is 7. The van der Waals surface area contributed by atoms with Crippen molar-refractivity contribution in [2.75, 3.05) is 18.5 Å². The average molecular weight is 497 g/mol. The minimum Gasteiger partial charge on any atom is -0.465 e. The van der Waals surface area contributed by atoms with E-state index >= 15 is 0 Å². The van der Waals surface area contributed by atoms with Gasteiger partial charge in [0.1, 0.15) is 5.75 Å². The van der Waals surface area contributed by atoms with Crippen molar-refractivity contribution in [1.82, 2.24) is 9.88 Å². The topological polar surface area (TPSA) is 93.1 Å². The highest BCUT2D eigenvalue weighted by atomic mass is 35.5. The SMILES string of the molecule is CCOC(=O)C1CN=C(Nc2ccc(Oc3cccc(F)n3)cc2)N(Cc2ccc(Cl)cc2)C1=O. The van der Waals surface area contributed by atoms with E-state index in [4.69, 9.17) is 21.1 Å². The number of halogens is 2. The number of carbonyl (C=O) groups is 2. The summed E-state index contributed by atoms with van der Waals surface area (Å²) in [4.78, 5) is 35.1. The fourth-order valence-corrected chi connectivity index (χ4v) is 3.51. The Balaban J connectivity index is 1.52. The third-order valence-electron chi connectivity index (χ3n) is 5.09. The second-order valence-corrected chi connectivity index (χ2v) is 8.01. The van der Waals surface area contributed by atoms with Gasteiger partial charge in [-0.25, -0.2) is 0 Å². The van der Waals surface area contributed by atoms with Crippen molar-refractivity contribution in [2.24, 2.45) is 10.9 Å². The molecular formula is C25H22ClFN4O4. The van der Waals surface area contributed by atoms with Gasteiger partial charge in [0.2, 0.25) is 23.7 Å². The summed E-state index contributed by atoms with van der Waals surface area (Å²) >= 11 is 5.98. The van der Waals surface area contributed by atoms with Crippen LogP contribution in [0.3, 0.4) is 0 Å². The number of benzene rings is 2. The molecule has 35 heavy (non-hydrogen) atoms. The maximum atomic E-state index is 13.3. The van der Waals surface area contributed by atoms with Crippen LogP contribution in [0.2, 0.25) is 5.02 Å². The van der Waals surface area contributed by atoms with E-state index in [1.807, 2.05) is 0 Å². The first-order chi connectivity index (χ1) is 16.9. The molecule has 8 nitrogen and oxygen atoms in total. The van der Waals surface area contributed by atoms with E-state index < -0.39 is 23.7 Å². The maximum absolute atomic E-state index is 13.3. The van der Waals surface area contributed by atoms with Gasteiger partial charge in [0.05, 0.1) is 19.7 Å². The number of esters is 1. The predicted octanol–water partition coefficient (Wildman–Crippen LogP) is 4.66. The number of hydrogen-bond donors (Lipinski definition) is 1. The van der Waals surface area contributed by atoms with Gasteiger partial charge >= 0.3 is 5.97 Å². The standard InChI is InChI=1S/C25H22ClFN4O4/c1-2-34-24(33)20-14-28-25(31(23(20)32)15-16-6-8-17(26)9-7-16)29-18-10-12-19(13-11-18)35-22-5-3-4-21(27)30-22/h3-13,20H,2,14-15H2,1H3,(H,28,29). The molecule has 10 heteroatoms. The molecule has 0 saturated carbocycles. The molecule has 2 heterocycles. The molecule has 1 N–H and O–H groups in total. The summed E-state index contributed by atoms with van der Waals surface area (Å²) in [6.45, 7) is 2.02. The van der Waals surface area contributed by atoms with Crippen molar-refractivity contribution in [1.29, 1.82) is 0 Å². The van der Waals surface area contributed by atoms with Gasteiger partial charge in [-0.15, -0.1) is 0 Å². The smallest absolute Gasteiger partial charge is 0.320 e. The van der Waals surface area contributed by atoms with E-state index in [1.165, 1.54) is 17.0 Å². The lowest BCUT2D eigenvalue weighted by molar-refractivity contribution is -0.154. The number of guanidine groups is 1. The fourth-order valence-electron chi connectivity index (χ4n) is 3.39. The quantitative estimate of drug-likeness (QED) is 0.290. The highest BCUT2D eigenvalue weighted by Gasteiger charge is 2.37. The van der Waals surface area contributed by atoms with Crippen molar-refractivity contribution in [3.63, 3.8) is 0 Å². The number of aliphatic imine (C=N–C) groups is 1. The molecule has 1 atom stereocenters. The van der Waals surface area contributed by atoms with Gasteiger partial charge in [0.15, 0.2) is 5.92 Å². The van der Waals surface area contributed by atoms with Crippen LogP contribution in [-0.2, 0) is 20.9 Å². The maximum Gasteiger partial charge on any atom is 0.320 e. The molecule has 1 aliphatic heterocycles. The third kappa shape index (κ3) is 6.13. The Bertz CT molecular complexity index is 1230. The molecule has 4 rings (SSSR count). The number of aromatic nitrogens is 1. The highest BCUT2D eigenvalue weighted by Crippen LogP contribution is 2.24. The van der Waals surface area contributed by atoms with E-state index in [-0.39, 0.29) is 25.6 Å². The third-order valence-corrected chi connectivity index (χ3v) is 5.34. The van der Waals surface area contributed by atoms with Gasteiger partial charge in [0.25, 0.3) is 0 Å². The summed E-state index contributed by atoms with van der Waals surface area (Å²) in [7, 11) is 0. The largest absolute Gasteiger partial charge is 0.465 e. The monoisotopic (exact) mass is 496 g/mol. The van der Waals surface area contributed by atoms with Crippen molar-refractivity contribution in [3.05, 3.63) is 83.3 Å². The molecular weight excluding hydrogens is 475 g/mol. The molecule has 0 bridgehead atoms. The number of nitrogens with zero attached hydrogens (tertiary/aromatic N) is 3. The minimum absolute atomic E-state index is 0.0243. The number of rotatable bonds is 7. The average Bonchev–Trinajstić information content (AvgIpc) is 2.84. The molecule has 1 aromatic heterocycles. The zero-order chi connectivity index (χ0) is 24.8. The molecule has 0 spiro atoms. The first-order valence-electron chi connectivity index (χ1n) is 10.9. The normalized spacial score (nSPS) is 15.4. The number of carbonyl (C=O) groups excluding carboxylic acids is 2. The Morgan fingerprint density at radius 1 is 1.14 bits per heavy atom. The van der Waals surface area contributed by atoms with Gasteiger partial charge in [-0.1, -0.05) is 29.8 Å². The zero-order valence-electron chi connectivity index (χ0n) is 18.8. The second-order valence-electron chi connectivity index (χ2n) is 7.57. The summed E-state index contributed by atoms with van der Waals surface area (Å²) in [6.07, 6.45) is 0. The molecule has 0 aliphatic carbocycles. The van der Waals surface area contributed by atoms with Crippen LogP contribution < -0.4 is 10.1 Å². The van der Waals surface area contributed by atoms with E-state index in [1.54, 1.807) is 61.5 Å². The molecule has 1 unspecified atom stereocenters. The Labute approximate surface area is 206 Å². The van der Waals surface area contributed by atoms with E-state index in [9.17, 15) is 14.0 Å². The van der Waals surface area contributed by atoms with Gasteiger partial charge in [-0.3, -0.25) is 19.5 Å². The van der Waals surface area contributed by atoms with E-state index in [0.29, 0.717) is 22.4 Å². The molecule has 3 aromatic rings. The summed E-state index contributed by atoms with van der Waals surface area (Å²) < 4.78 is 23.9. The van der Waals surface area contributed by atoms with Crippen molar-refractivity contribution < 1.29 is 23.5 Å². The van der Waals surface area contributed by atoms with Crippen LogP contribution in [0.1, 0.15) is 12.5 Å². The van der Waals surface area contributed by atoms with Crippen LogP contribution in [0.4, 0.5) is 10.1 Å². The molecule has 0 radical (unpaired) electrons. The van der Waals surface area contributed by atoms with Gasteiger partial charge < -0.3 is 14.8 Å². The number of nitrogens with one attached hydrogen (secondary N) is 1. The highest BCUT2D eigenvalue weighted by molar-refractivity contribution is 6.30. The first kappa shape index (κ1) is 24.2. The lowest BCUT2D eigenvalue weighted by Crippen LogP contribution is -2.50. The van der Waals surface area contributed by atoms with E-state index in [0.717, 1.165) is 5.56 Å². The van der Waals surface area contributed by atoms with Crippen LogP contribution in [0.5, 0.6) is 11.6 Å². The molecule has 0 fully saturated rings. The lowest BCUT2D eigenvalue weighted by Gasteiger charge is -2.31. The number of anilines is 1. The second kappa shape index (κ2) is 11.0. The summed E-state index contributed by atoms with van der Waals surface area (Å²) in [6, 6.07) is 18.1. The lowest BCUT2D eigenvalue weighted by atomic mass is 10.1. The minimum atomic E-state index is -1.01. The number of pyridine rings is 1. The molecule has 2 aromatic carbocycles. The summed E-state index contributed by atoms with van der Waals surface area (Å²) in [5.74, 6) is -1.78. The van der Waals surface area contributed by atoms with Crippen LogP contribution in [0.25, 0.3) is 0 Å². The van der Waals surface area contributed by atoms with Crippen LogP contribution in [-0.4, -0.2) is 40.9 Å². The van der Waals surface area contributed by atoms with Crippen molar-refractivity contribution in [2.45, 2.75) is 13.5 Å². The zero-order valence-corrected chi connectivity index (χ0v) is 19.5. The summed E-state index contributed by atoms with van der Waals surface area (Å²) in [5, 5.41) is 3.71. The Kier molecular flexibility index (Phi) is 7.57. The van der Waals surface area contributed by atoms with Gasteiger partial charge in [0, 0.05) is 16.8 Å². The Morgan fingerprint density at radius 2 is 1.89 bits per heavy atom. The molecule has 180 valence electrons. The fraction of sp³-hybridized carbons (Fsp3) is 0.200. The van der Waals surface area contributed by atoms with Crippen LogP contribution in [0, 0.1) is 11.9 Å². The molecule has 1 amide bonds. The molecule has 1 aliphatic rings. The van der Waals surface area contributed by atoms with Gasteiger partial charge in [-0.2, -0.15) is 9.37 Å². The number of ether oxygens (including phenoxy) is 2. The van der Waals surface area contributed by atoms with Crippen molar-refractivity contribution in [3.8, 4) is 11.6 Å². The van der Waals surface area contributed by atoms with Crippen LogP contribution >= 0.6 is 11.6 Å². The van der Waals surface area contributed by atoms with E-state index in [2.05, 4.69) is 15.3 Å². The molecule has 0 saturated heterocycles. The first-order valence-corrected chi connectivity index (χ1v) is 11.2. The van der Waals surface area contributed by atoms with Crippen LogP contribution in [0.15, 0.2) is 71.7 Å². The van der Waals surface area contributed by atoms with Crippen molar-refractivity contribution >= 4 is 35.1 Å². The predicted molar refractivity (Wildman–Crippen MR) is 129 cm³/mol. The Hall–Kier alpha value is -3.98. The summed E-state index contributed by atoms with van der Waals surface area (Å²) in [5.41, 5.74) is 1.44. The van der Waals surface area contributed by atoms with Gasteiger partial charge in [-0.05, 0) is 55.0 Å².